The summed E-state index contributed by atoms with van der Waals surface area (Å²) in [6, 6.07) is 5.72. The number of hydrogen-bond acceptors (Lipinski definition) is 4. The molecular formula is C18H23ClN2O3. The van der Waals surface area contributed by atoms with Gasteiger partial charge in [-0.3, -0.25) is 9.59 Å². The van der Waals surface area contributed by atoms with Gasteiger partial charge in [-0.05, 0) is 37.8 Å². The van der Waals surface area contributed by atoms with Crippen LogP contribution in [0.25, 0.3) is 0 Å². The van der Waals surface area contributed by atoms with Gasteiger partial charge in [0, 0.05) is 20.1 Å². The topological polar surface area (TPSA) is 49.9 Å². The number of halogens is 1. The first-order chi connectivity index (χ1) is 11.3. The number of hydrogen-bond donors (Lipinski definition) is 0. The number of hydroxylamine groups is 2. The highest BCUT2D eigenvalue weighted by atomic mass is 35.5. The lowest BCUT2D eigenvalue weighted by molar-refractivity contribution is -0.165. The van der Waals surface area contributed by atoms with Crippen molar-refractivity contribution in [3.63, 3.8) is 0 Å². The third-order valence-electron chi connectivity index (χ3n) is 5.55. The average Bonchev–Trinajstić information content (AvgIpc) is 2.73. The number of rotatable bonds is 2. The Morgan fingerprint density at radius 3 is 2.38 bits per heavy atom. The third kappa shape index (κ3) is 2.22. The second kappa shape index (κ2) is 5.83. The number of likely N-dealkylation sites (N-methyl/N-ethyl adjacent to an activating group) is 1. The van der Waals surface area contributed by atoms with Crippen molar-refractivity contribution < 1.29 is 14.4 Å². The Balaban J connectivity index is 2.06. The maximum absolute atomic E-state index is 13.4. The minimum Gasteiger partial charge on any atom is -0.331 e. The second-order valence-corrected chi connectivity index (χ2v) is 7.38. The molecular weight excluding hydrogens is 328 g/mol. The molecule has 2 heterocycles. The number of aryl methyl sites for hydroxylation is 2. The maximum atomic E-state index is 13.4. The molecule has 0 aromatic heterocycles. The van der Waals surface area contributed by atoms with E-state index in [9.17, 15) is 9.59 Å². The Bertz CT molecular complexity index is 698. The van der Waals surface area contributed by atoms with E-state index in [-0.39, 0.29) is 11.7 Å². The van der Waals surface area contributed by atoms with Gasteiger partial charge < -0.3 is 9.74 Å². The van der Waals surface area contributed by atoms with E-state index in [0.717, 1.165) is 11.1 Å². The molecule has 130 valence electrons. The van der Waals surface area contributed by atoms with E-state index in [1.807, 2.05) is 37.1 Å². The fraction of sp³-hybridized carbons (Fsp3) is 0.556. The molecule has 1 amide bonds. The summed E-state index contributed by atoms with van der Waals surface area (Å²) in [4.78, 5) is 31.7. The van der Waals surface area contributed by atoms with Crippen molar-refractivity contribution >= 4 is 23.3 Å². The van der Waals surface area contributed by atoms with Crippen molar-refractivity contribution in [2.24, 2.45) is 0 Å². The van der Waals surface area contributed by atoms with Crippen LogP contribution >= 0.6 is 11.6 Å². The van der Waals surface area contributed by atoms with Gasteiger partial charge in [0.15, 0.2) is 5.78 Å². The van der Waals surface area contributed by atoms with Crippen LogP contribution in [0.15, 0.2) is 18.2 Å². The van der Waals surface area contributed by atoms with Crippen LogP contribution in [0, 0.1) is 13.8 Å². The second-order valence-electron chi connectivity index (χ2n) is 6.81. The molecule has 1 atom stereocenters. The largest absolute Gasteiger partial charge is 0.331 e. The van der Waals surface area contributed by atoms with Crippen LogP contribution in [0.3, 0.4) is 0 Å². The molecule has 2 aliphatic rings. The molecule has 1 unspecified atom stereocenters. The maximum Gasteiger partial charge on any atom is 0.256 e. The van der Waals surface area contributed by atoms with Crippen LogP contribution in [0.5, 0.6) is 0 Å². The van der Waals surface area contributed by atoms with E-state index < -0.39 is 10.4 Å². The fourth-order valence-corrected chi connectivity index (χ4v) is 4.45. The molecule has 6 heteroatoms. The molecule has 24 heavy (non-hydrogen) atoms. The number of benzene rings is 1. The number of likely N-dealkylation sites (tertiary alicyclic amines) is 1. The van der Waals surface area contributed by atoms with Gasteiger partial charge >= 0.3 is 0 Å². The van der Waals surface area contributed by atoms with Crippen molar-refractivity contribution in [1.82, 2.24) is 9.96 Å². The summed E-state index contributed by atoms with van der Waals surface area (Å²) < 4.78 is 0. The molecule has 1 aromatic carbocycles. The summed E-state index contributed by atoms with van der Waals surface area (Å²) in [6.07, 6.45) is 1.06. The highest BCUT2D eigenvalue weighted by molar-refractivity contribution is 6.49. The van der Waals surface area contributed by atoms with E-state index in [1.54, 1.807) is 19.1 Å². The third-order valence-corrected chi connectivity index (χ3v) is 6.09. The number of piperidine rings is 1. The average molecular weight is 351 g/mol. The number of alkyl halides is 1. The summed E-state index contributed by atoms with van der Waals surface area (Å²) in [5, 5.41) is 1.81. The van der Waals surface area contributed by atoms with Crippen molar-refractivity contribution in [3.8, 4) is 0 Å². The standard InChI is InChI=1S/C18H23ClN2O3/c1-12-5-6-13(2)14(11-12)18(19)15(22)17(20(3)16(18)23)7-9-21(24-4)10-8-17/h5-6,11H,7-10H2,1-4H3. The van der Waals surface area contributed by atoms with Crippen molar-refractivity contribution in [3.05, 3.63) is 34.9 Å². The van der Waals surface area contributed by atoms with Crippen molar-refractivity contribution in [2.75, 3.05) is 27.2 Å². The summed E-state index contributed by atoms with van der Waals surface area (Å²) in [5.74, 6) is -0.526. The SMILES string of the molecule is CON1CCC2(CC1)C(=O)C(Cl)(c1cc(C)ccc1C)C(=O)N2C. The Labute approximate surface area is 147 Å². The minimum absolute atomic E-state index is 0.200. The van der Waals surface area contributed by atoms with Gasteiger partial charge in [0.25, 0.3) is 5.91 Å². The zero-order chi connectivity index (χ0) is 17.7. The first-order valence-corrected chi connectivity index (χ1v) is 8.54. The van der Waals surface area contributed by atoms with Crippen LogP contribution in [0.1, 0.15) is 29.5 Å². The van der Waals surface area contributed by atoms with Gasteiger partial charge in [-0.15, -0.1) is 0 Å². The van der Waals surface area contributed by atoms with Gasteiger partial charge in [-0.2, -0.15) is 5.06 Å². The van der Waals surface area contributed by atoms with Gasteiger partial charge in [0.1, 0.15) is 5.54 Å². The zero-order valence-electron chi connectivity index (χ0n) is 14.6. The summed E-state index contributed by atoms with van der Waals surface area (Å²) >= 11 is 6.78. The number of carbonyl (C=O) groups is 2. The molecule has 1 spiro atoms. The zero-order valence-corrected chi connectivity index (χ0v) is 15.3. The minimum atomic E-state index is -1.62. The molecule has 0 aliphatic carbocycles. The fourth-order valence-electron chi connectivity index (χ4n) is 3.94. The lowest BCUT2D eigenvalue weighted by atomic mass is 9.79. The highest BCUT2D eigenvalue weighted by Crippen LogP contribution is 2.49. The van der Waals surface area contributed by atoms with Gasteiger partial charge in [0.05, 0.1) is 7.11 Å². The number of Topliss-reactive ketones (excluding diaryl/α,β-unsaturated/α-hetero) is 1. The van der Waals surface area contributed by atoms with Crippen LogP contribution in [-0.4, -0.2) is 54.4 Å². The van der Waals surface area contributed by atoms with Crippen LogP contribution < -0.4 is 0 Å². The lowest BCUT2D eigenvalue weighted by Crippen LogP contribution is -2.55. The Hall–Kier alpha value is -1.43. The van der Waals surface area contributed by atoms with E-state index in [2.05, 4.69) is 0 Å². The van der Waals surface area contributed by atoms with Crippen LogP contribution in [-0.2, 0) is 19.3 Å². The first-order valence-electron chi connectivity index (χ1n) is 8.16. The van der Waals surface area contributed by atoms with Gasteiger partial charge in [-0.25, -0.2) is 0 Å². The summed E-state index contributed by atoms with van der Waals surface area (Å²) in [6.45, 7) is 5.01. The van der Waals surface area contributed by atoms with Gasteiger partial charge in [-0.1, -0.05) is 35.4 Å². The van der Waals surface area contributed by atoms with E-state index in [0.29, 0.717) is 31.5 Å². The molecule has 2 saturated heterocycles. The smallest absolute Gasteiger partial charge is 0.256 e. The first kappa shape index (κ1) is 17.4. The highest BCUT2D eigenvalue weighted by Gasteiger charge is 2.66. The number of amides is 1. The molecule has 0 bridgehead atoms. The normalized spacial score (nSPS) is 27.3. The van der Waals surface area contributed by atoms with Crippen molar-refractivity contribution in [1.29, 1.82) is 0 Å². The molecule has 0 saturated carbocycles. The summed E-state index contributed by atoms with van der Waals surface area (Å²) in [5.41, 5.74) is 1.60. The van der Waals surface area contributed by atoms with Crippen LogP contribution in [0.2, 0.25) is 0 Å². The predicted octanol–water partition coefficient (Wildman–Crippen LogP) is 2.17. The Kier molecular flexibility index (Phi) is 4.22. The molecule has 0 N–H and O–H groups in total. The van der Waals surface area contributed by atoms with Crippen molar-refractivity contribution in [2.45, 2.75) is 37.1 Å². The summed E-state index contributed by atoms with van der Waals surface area (Å²) in [7, 11) is 3.31. The Morgan fingerprint density at radius 2 is 1.79 bits per heavy atom. The number of nitrogens with zero attached hydrogens (tertiary/aromatic N) is 2. The van der Waals surface area contributed by atoms with E-state index in [4.69, 9.17) is 16.4 Å². The van der Waals surface area contributed by atoms with E-state index >= 15 is 0 Å². The molecule has 5 nitrogen and oxygen atoms in total. The molecule has 0 radical (unpaired) electrons. The lowest BCUT2D eigenvalue weighted by Gasteiger charge is -2.40. The van der Waals surface area contributed by atoms with Crippen LogP contribution in [0.4, 0.5) is 0 Å². The number of ketones is 1. The quantitative estimate of drug-likeness (QED) is 0.606. The molecule has 2 fully saturated rings. The molecule has 3 rings (SSSR count). The predicted molar refractivity (Wildman–Crippen MR) is 91.8 cm³/mol. The number of carbonyl (C=O) groups excluding carboxylic acids is 2. The monoisotopic (exact) mass is 350 g/mol. The molecule has 2 aliphatic heterocycles. The molecule has 1 aromatic rings. The Morgan fingerprint density at radius 1 is 1.17 bits per heavy atom. The van der Waals surface area contributed by atoms with Gasteiger partial charge in [0.2, 0.25) is 4.87 Å². The van der Waals surface area contributed by atoms with E-state index in [1.165, 1.54) is 0 Å².